The van der Waals surface area contributed by atoms with E-state index in [0.717, 1.165) is 0 Å². The lowest BCUT2D eigenvalue weighted by molar-refractivity contribution is 0.0564. The maximum absolute atomic E-state index is 13.0. The van der Waals surface area contributed by atoms with Crippen LogP contribution in [0.3, 0.4) is 0 Å². The quantitative estimate of drug-likeness (QED) is 0.367. The number of hydrogen-bond acceptors (Lipinski definition) is 4. The topological polar surface area (TPSA) is 90.8 Å². The summed E-state index contributed by atoms with van der Waals surface area (Å²) in [7, 11) is -4.56. The smallest absolute Gasteiger partial charge is 0.315 e. The van der Waals surface area contributed by atoms with Crippen LogP contribution in [0.25, 0.3) is 0 Å². The summed E-state index contributed by atoms with van der Waals surface area (Å²) in [4.78, 5) is 16.6. The van der Waals surface area contributed by atoms with Gasteiger partial charge in [0.2, 0.25) is 0 Å². The third-order valence-electron chi connectivity index (χ3n) is 1.72. The third-order valence-corrected chi connectivity index (χ3v) is 2.06. The number of phosphoric acid groups is 1. The highest BCUT2D eigenvalue weighted by molar-refractivity contribution is 7.46. The summed E-state index contributed by atoms with van der Waals surface area (Å²) in [6.07, 6.45) is -0.838. The second kappa shape index (κ2) is 4.45. The lowest BCUT2D eigenvalue weighted by Crippen LogP contribution is -2.49. The molecule has 0 saturated carbocycles. The van der Waals surface area contributed by atoms with E-state index in [1.807, 2.05) is 5.48 Å². The van der Waals surface area contributed by atoms with Crippen molar-refractivity contribution in [3.8, 4) is 0 Å². The van der Waals surface area contributed by atoms with Gasteiger partial charge in [-0.3, -0.25) is 0 Å². The molecule has 1 saturated heterocycles. The number of halogens is 1. The summed E-state index contributed by atoms with van der Waals surface area (Å²) in [6, 6.07) is -0.707. The molecule has 6 nitrogen and oxygen atoms in total. The van der Waals surface area contributed by atoms with Gasteiger partial charge in [0.15, 0.2) is 0 Å². The van der Waals surface area contributed by atoms with Crippen LogP contribution in [0.4, 0.5) is 4.39 Å². The van der Waals surface area contributed by atoms with Crippen molar-refractivity contribution in [2.75, 3.05) is 13.1 Å². The predicted octanol–water partition coefficient (Wildman–Crippen LogP) is -0.700. The molecule has 1 fully saturated rings. The van der Waals surface area contributed by atoms with E-state index in [-0.39, 0.29) is 0 Å². The summed E-state index contributed by atoms with van der Waals surface area (Å²) in [5.41, 5.74) is 2.01. The molecule has 78 valence electrons. The SMILES string of the molecule is O=P(O)(O)ON[C@@H]1CNCC[C@H]1F. The number of piperidine rings is 1. The summed E-state index contributed by atoms with van der Waals surface area (Å²) >= 11 is 0. The van der Waals surface area contributed by atoms with Gasteiger partial charge in [-0.2, -0.15) is 10.1 Å². The number of nitrogens with one attached hydrogen (secondary N) is 2. The molecule has 0 unspecified atom stereocenters. The third kappa shape index (κ3) is 4.12. The molecule has 1 aliphatic heterocycles. The second-order valence-electron chi connectivity index (χ2n) is 2.82. The zero-order valence-corrected chi connectivity index (χ0v) is 7.71. The fraction of sp³-hybridized carbons (Fsp3) is 1.00. The molecular formula is C5H12FN2O4P. The minimum absolute atomic E-state index is 0.293. The summed E-state index contributed by atoms with van der Waals surface area (Å²) in [5, 5.41) is 2.87. The zero-order valence-electron chi connectivity index (χ0n) is 6.81. The van der Waals surface area contributed by atoms with Gasteiger partial charge in [0.05, 0.1) is 6.04 Å². The van der Waals surface area contributed by atoms with Gasteiger partial charge in [-0.15, -0.1) is 0 Å². The molecule has 0 spiro atoms. The van der Waals surface area contributed by atoms with Crippen LogP contribution in [0.2, 0.25) is 0 Å². The first kappa shape index (κ1) is 11.0. The normalized spacial score (nSPS) is 30.4. The van der Waals surface area contributed by atoms with E-state index in [1.165, 1.54) is 0 Å². The van der Waals surface area contributed by atoms with E-state index in [2.05, 4.69) is 9.94 Å². The Kier molecular flexibility index (Phi) is 3.78. The van der Waals surface area contributed by atoms with Crippen molar-refractivity contribution in [1.29, 1.82) is 0 Å². The van der Waals surface area contributed by atoms with E-state index in [4.69, 9.17) is 9.79 Å². The molecule has 0 aromatic heterocycles. The van der Waals surface area contributed by atoms with E-state index < -0.39 is 20.0 Å². The van der Waals surface area contributed by atoms with Crippen LogP contribution in [0.15, 0.2) is 0 Å². The second-order valence-corrected chi connectivity index (χ2v) is 3.98. The highest BCUT2D eigenvalue weighted by Crippen LogP contribution is 2.34. The van der Waals surface area contributed by atoms with Gasteiger partial charge in [0.25, 0.3) is 0 Å². The Labute approximate surface area is 74.7 Å². The molecule has 0 amide bonds. The van der Waals surface area contributed by atoms with Crippen LogP contribution >= 0.6 is 7.82 Å². The van der Waals surface area contributed by atoms with Crippen molar-refractivity contribution in [3.63, 3.8) is 0 Å². The molecule has 0 bridgehead atoms. The van der Waals surface area contributed by atoms with Gasteiger partial charge in [-0.25, -0.2) is 8.96 Å². The first-order valence-corrected chi connectivity index (χ1v) is 5.36. The van der Waals surface area contributed by atoms with Crippen molar-refractivity contribution in [1.82, 2.24) is 10.8 Å². The lowest BCUT2D eigenvalue weighted by atomic mass is 10.1. The monoisotopic (exact) mass is 214 g/mol. The van der Waals surface area contributed by atoms with Crippen molar-refractivity contribution in [2.45, 2.75) is 18.6 Å². The molecule has 2 atom stereocenters. The minimum atomic E-state index is -4.56. The van der Waals surface area contributed by atoms with E-state index >= 15 is 0 Å². The Balaban J connectivity index is 2.31. The lowest BCUT2D eigenvalue weighted by Gasteiger charge is -2.26. The summed E-state index contributed by atoms with van der Waals surface area (Å²) in [5.74, 6) is 0. The Hall–Kier alpha value is -0.0400. The van der Waals surface area contributed by atoms with Crippen LogP contribution in [-0.4, -0.2) is 35.1 Å². The molecule has 8 heteroatoms. The van der Waals surface area contributed by atoms with Crippen molar-refractivity contribution >= 4 is 7.82 Å². The largest absolute Gasteiger partial charge is 0.486 e. The van der Waals surface area contributed by atoms with Gasteiger partial charge in [0, 0.05) is 6.54 Å². The van der Waals surface area contributed by atoms with Crippen LogP contribution in [0.5, 0.6) is 0 Å². The first-order valence-electron chi connectivity index (χ1n) is 3.83. The summed E-state index contributed by atoms with van der Waals surface area (Å²) < 4.78 is 27.2. The average molecular weight is 214 g/mol. The van der Waals surface area contributed by atoms with Crippen molar-refractivity contribution in [3.05, 3.63) is 0 Å². The first-order chi connectivity index (χ1) is 5.99. The molecule has 13 heavy (non-hydrogen) atoms. The summed E-state index contributed by atoms with van der Waals surface area (Å²) in [6.45, 7) is 0.858. The van der Waals surface area contributed by atoms with Crippen LogP contribution in [-0.2, 0) is 9.19 Å². The molecule has 0 aromatic rings. The maximum Gasteiger partial charge on any atom is 0.486 e. The average Bonchev–Trinajstić information content (AvgIpc) is 2.01. The van der Waals surface area contributed by atoms with Gasteiger partial charge >= 0.3 is 7.82 Å². The zero-order chi connectivity index (χ0) is 9.90. The molecule has 1 heterocycles. The molecule has 0 aliphatic carbocycles. The van der Waals surface area contributed by atoms with Crippen LogP contribution in [0.1, 0.15) is 6.42 Å². The number of rotatable bonds is 3. The Morgan fingerprint density at radius 3 is 2.85 bits per heavy atom. The van der Waals surface area contributed by atoms with Gasteiger partial charge < -0.3 is 15.1 Å². The highest BCUT2D eigenvalue weighted by atomic mass is 31.2. The van der Waals surface area contributed by atoms with Gasteiger partial charge in [0.1, 0.15) is 6.17 Å². The molecule has 1 aliphatic rings. The van der Waals surface area contributed by atoms with Crippen LogP contribution in [0, 0.1) is 0 Å². The maximum atomic E-state index is 13.0. The molecule has 1 rings (SSSR count). The number of alkyl halides is 1. The molecule has 0 radical (unpaired) electrons. The van der Waals surface area contributed by atoms with Gasteiger partial charge in [-0.05, 0) is 13.0 Å². The molecule has 0 aromatic carbocycles. The molecule has 4 N–H and O–H groups in total. The van der Waals surface area contributed by atoms with E-state index in [9.17, 15) is 8.96 Å². The van der Waals surface area contributed by atoms with E-state index in [1.54, 1.807) is 0 Å². The standard InChI is InChI=1S/C5H12FN2O4P/c6-4-1-2-7-3-5(4)8-12-13(9,10)11/h4-5,7-8H,1-3H2,(H2,9,10,11)/t4-,5-/m1/s1. The minimum Gasteiger partial charge on any atom is -0.315 e. The van der Waals surface area contributed by atoms with Crippen molar-refractivity contribution in [2.24, 2.45) is 0 Å². The fourth-order valence-corrected chi connectivity index (χ4v) is 1.35. The highest BCUT2D eigenvalue weighted by Gasteiger charge is 2.27. The Bertz CT molecular complexity index is 211. The predicted molar refractivity (Wildman–Crippen MR) is 42.4 cm³/mol. The van der Waals surface area contributed by atoms with Crippen LogP contribution < -0.4 is 10.8 Å². The fourth-order valence-electron chi connectivity index (χ4n) is 1.08. The van der Waals surface area contributed by atoms with E-state index in [0.29, 0.717) is 19.5 Å². The Morgan fingerprint density at radius 1 is 1.62 bits per heavy atom. The van der Waals surface area contributed by atoms with Crippen molar-refractivity contribution < 1.29 is 23.4 Å². The Morgan fingerprint density at radius 2 is 2.31 bits per heavy atom. The number of hydroxylamine groups is 1. The van der Waals surface area contributed by atoms with Gasteiger partial charge in [-0.1, -0.05) is 0 Å². The molecular weight excluding hydrogens is 202 g/mol. The number of hydrogen-bond donors (Lipinski definition) is 4.